The third kappa shape index (κ3) is 3.22. The molecule has 2 aliphatic rings. The highest BCUT2D eigenvalue weighted by Gasteiger charge is 2.34. The van der Waals surface area contributed by atoms with Crippen LogP contribution in [0.4, 0.5) is 5.82 Å². The third-order valence-electron chi connectivity index (χ3n) is 5.24. The van der Waals surface area contributed by atoms with E-state index in [1.54, 1.807) is 18.6 Å². The lowest BCUT2D eigenvalue weighted by Crippen LogP contribution is -2.43. The summed E-state index contributed by atoms with van der Waals surface area (Å²) in [6.45, 7) is 1.58. The lowest BCUT2D eigenvalue weighted by atomic mass is 9.95. The van der Waals surface area contributed by atoms with Crippen molar-refractivity contribution < 1.29 is 9.90 Å². The van der Waals surface area contributed by atoms with Gasteiger partial charge in [-0.15, -0.1) is 0 Å². The number of hydrogen-bond acceptors (Lipinski definition) is 5. The summed E-state index contributed by atoms with van der Waals surface area (Å²) in [4.78, 5) is 23.3. The maximum atomic E-state index is 12.7. The zero-order valence-electron chi connectivity index (χ0n) is 14.0. The van der Waals surface area contributed by atoms with Gasteiger partial charge in [-0.3, -0.25) is 9.78 Å². The van der Waals surface area contributed by atoms with Gasteiger partial charge in [0.2, 0.25) is 5.91 Å². The quantitative estimate of drug-likeness (QED) is 0.886. The molecule has 0 unspecified atom stereocenters. The van der Waals surface area contributed by atoms with Gasteiger partial charge in [-0.2, -0.15) is 0 Å². The van der Waals surface area contributed by atoms with Crippen molar-refractivity contribution >= 4 is 11.7 Å². The maximum Gasteiger partial charge on any atom is 0.223 e. The fraction of sp³-hybridized carbons (Fsp3) is 0.421. The van der Waals surface area contributed by atoms with Gasteiger partial charge in [0, 0.05) is 37.8 Å². The van der Waals surface area contributed by atoms with Gasteiger partial charge in [0.05, 0.1) is 18.3 Å². The molecule has 4 rings (SSSR count). The van der Waals surface area contributed by atoms with Gasteiger partial charge in [-0.1, -0.05) is 24.3 Å². The average molecular weight is 338 g/mol. The number of piperidine rings is 1. The molecule has 0 saturated carbocycles. The number of aromatic nitrogens is 2. The Morgan fingerprint density at radius 2 is 2.00 bits per heavy atom. The van der Waals surface area contributed by atoms with E-state index in [0.717, 1.165) is 42.9 Å². The molecule has 1 aliphatic heterocycles. The molecule has 1 saturated heterocycles. The molecule has 1 aromatic carbocycles. The van der Waals surface area contributed by atoms with Crippen molar-refractivity contribution in [2.75, 3.05) is 18.0 Å². The minimum absolute atomic E-state index is 0.0205. The molecule has 0 radical (unpaired) electrons. The molecule has 2 N–H and O–H groups in total. The van der Waals surface area contributed by atoms with Crippen LogP contribution in [0.5, 0.6) is 0 Å². The summed E-state index contributed by atoms with van der Waals surface area (Å²) in [5, 5.41) is 13.4. The molecule has 1 aromatic heterocycles. The molecule has 1 fully saturated rings. The summed E-state index contributed by atoms with van der Waals surface area (Å²) in [7, 11) is 0. The lowest BCUT2D eigenvalue weighted by Gasteiger charge is -2.32. The summed E-state index contributed by atoms with van der Waals surface area (Å²) in [6.07, 6.45) is 6.74. The highest BCUT2D eigenvalue weighted by Crippen LogP contribution is 2.32. The second-order valence-corrected chi connectivity index (χ2v) is 6.78. The number of nitrogens with zero attached hydrogens (tertiary/aromatic N) is 3. The van der Waals surface area contributed by atoms with Gasteiger partial charge in [0.15, 0.2) is 0 Å². The summed E-state index contributed by atoms with van der Waals surface area (Å²) < 4.78 is 0. The van der Waals surface area contributed by atoms with E-state index in [9.17, 15) is 9.90 Å². The number of carbonyl (C=O) groups is 1. The van der Waals surface area contributed by atoms with Gasteiger partial charge < -0.3 is 15.3 Å². The Labute approximate surface area is 146 Å². The molecule has 0 spiro atoms. The van der Waals surface area contributed by atoms with Crippen LogP contribution in [0, 0.1) is 5.92 Å². The van der Waals surface area contributed by atoms with E-state index in [4.69, 9.17) is 0 Å². The Morgan fingerprint density at radius 3 is 2.76 bits per heavy atom. The summed E-state index contributed by atoms with van der Waals surface area (Å²) in [5.74, 6) is 0.883. The van der Waals surface area contributed by atoms with E-state index in [1.807, 2.05) is 24.3 Å². The zero-order chi connectivity index (χ0) is 17.2. The molecule has 6 nitrogen and oxygen atoms in total. The fourth-order valence-corrected chi connectivity index (χ4v) is 3.84. The average Bonchev–Trinajstić information content (AvgIpc) is 2.98. The highest BCUT2D eigenvalue weighted by molar-refractivity contribution is 5.79. The van der Waals surface area contributed by atoms with Crippen LogP contribution in [-0.4, -0.2) is 40.2 Å². The molecule has 6 heteroatoms. The first kappa shape index (κ1) is 16.0. The maximum absolute atomic E-state index is 12.7. The fourth-order valence-electron chi connectivity index (χ4n) is 3.84. The van der Waals surface area contributed by atoms with Gasteiger partial charge >= 0.3 is 0 Å². The lowest BCUT2D eigenvalue weighted by molar-refractivity contribution is -0.127. The van der Waals surface area contributed by atoms with Crippen LogP contribution in [0.1, 0.15) is 30.0 Å². The van der Waals surface area contributed by atoms with Crippen LogP contribution in [-0.2, 0) is 11.2 Å². The van der Waals surface area contributed by atoms with E-state index in [2.05, 4.69) is 20.2 Å². The van der Waals surface area contributed by atoms with E-state index < -0.39 is 6.10 Å². The Kier molecular flexibility index (Phi) is 4.36. The number of rotatable bonds is 3. The van der Waals surface area contributed by atoms with Crippen molar-refractivity contribution in [3.8, 4) is 0 Å². The zero-order valence-corrected chi connectivity index (χ0v) is 14.0. The Hall–Kier alpha value is -2.47. The molecule has 1 amide bonds. The minimum atomic E-state index is -0.541. The first-order valence-corrected chi connectivity index (χ1v) is 8.79. The molecule has 0 bridgehead atoms. The van der Waals surface area contributed by atoms with Gasteiger partial charge in [0.1, 0.15) is 5.82 Å². The number of hydrogen-bond donors (Lipinski definition) is 2. The molecule has 25 heavy (non-hydrogen) atoms. The molecular weight excluding hydrogens is 316 g/mol. The number of aliphatic hydroxyl groups excluding tert-OH is 1. The molecule has 1 aliphatic carbocycles. The molecule has 2 heterocycles. The third-order valence-corrected chi connectivity index (χ3v) is 5.24. The predicted molar refractivity (Wildman–Crippen MR) is 94.0 cm³/mol. The SMILES string of the molecule is O=C(N[C@H]1c2ccccc2C[C@@H]1O)C1CCN(c2cnccn2)CC1. The second kappa shape index (κ2) is 6.80. The van der Waals surface area contributed by atoms with Crippen LogP contribution in [0.25, 0.3) is 0 Å². The van der Waals surface area contributed by atoms with Crippen molar-refractivity contribution in [3.05, 3.63) is 54.0 Å². The number of carbonyl (C=O) groups excluding carboxylic acids is 1. The van der Waals surface area contributed by atoms with E-state index in [-0.39, 0.29) is 17.9 Å². The molecule has 2 atom stereocenters. The van der Waals surface area contributed by atoms with Crippen LogP contribution in [0.3, 0.4) is 0 Å². The summed E-state index contributed by atoms with van der Waals surface area (Å²) >= 11 is 0. The van der Waals surface area contributed by atoms with Crippen LogP contribution >= 0.6 is 0 Å². The number of anilines is 1. The van der Waals surface area contributed by atoms with Crippen LogP contribution < -0.4 is 10.2 Å². The van der Waals surface area contributed by atoms with Gasteiger partial charge in [-0.05, 0) is 24.0 Å². The smallest absolute Gasteiger partial charge is 0.223 e. The van der Waals surface area contributed by atoms with Crippen LogP contribution in [0.15, 0.2) is 42.9 Å². The Balaban J connectivity index is 1.37. The van der Waals surface area contributed by atoms with Gasteiger partial charge in [0.25, 0.3) is 0 Å². The van der Waals surface area contributed by atoms with Gasteiger partial charge in [-0.25, -0.2) is 4.98 Å². The second-order valence-electron chi connectivity index (χ2n) is 6.78. The number of aliphatic hydroxyl groups is 1. The largest absolute Gasteiger partial charge is 0.390 e. The molecule has 130 valence electrons. The topological polar surface area (TPSA) is 78.4 Å². The number of amides is 1. The van der Waals surface area contributed by atoms with Crippen molar-refractivity contribution in [1.82, 2.24) is 15.3 Å². The first-order chi connectivity index (χ1) is 12.2. The standard InChI is InChI=1S/C19H22N4O2/c24-16-11-14-3-1-2-4-15(14)18(16)22-19(25)13-5-9-23(10-6-13)17-12-20-7-8-21-17/h1-4,7-8,12-13,16,18,24H,5-6,9-11H2,(H,22,25)/t16-,18-/m0/s1. The normalized spacial score (nSPS) is 23.3. The Bertz CT molecular complexity index is 744. The molecular formula is C19H22N4O2. The summed E-state index contributed by atoms with van der Waals surface area (Å²) in [5.41, 5.74) is 2.16. The summed E-state index contributed by atoms with van der Waals surface area (Å²) in [6, 6.07) is 7.65. The van der Waals surface area contributed by atoms with Crippen molar-refractivity contribution in [2.45, 2.75) is 31.4 Å². The monoisotopic (exact) mass is 338 g/mol. The van der Waals surface area contributed by atoms with Crippen LogP contribution in [0.2, 0.25) is 0 Å². The number of nitrogens with one attached hydrogen (secondary N) is 1. The highest BCUT2D eigenvalue weighted by atomic mass is 16.3. The first-order valence-electron chi connectivity index (χ1n) is 8.79. The molecule has 2 aromatic rings. The number of benzene rings is 1. The van der Waals surface area contributed by atoms with E-state index in [1.165, 1.54) is 0 Å². The van der Waals surface area contributed by atoms with E-state index in [0.29, 0.717) is 6.42 Å². The number of fused-ring (bicyclic) bond motifs is 1. The van der Waals surface area contributed by atoms with Crippen molar-refractivity contribution in [2.24, 2.45) is 5.92 Å². The van der Waals surface area contributed by atoms with E-state index >= 15 is 0 Å². The predicted octanol–water partition coefficient (Wildman–Crippen LogP) is 1.47. The van der Waals surface area contributed by atoms with Crippen molar-refractivity contribution in [3.63, 3.8) is 0 Å². The minimum Gasteiger partial charge on any atom is -0.390 e. The Morgan fingerprint density at radius 1 is 1.20 bits per heavy atom. The van der Waals surface area contributed by atoms with Crippen molar-refractivity contribution in [1.29, 1.82) is 0 Å².